The van der Waals surface area contributed by atoms with Crippen LogP contribution in [0.5, 0.6) is 0 Å². The largest absolute Gasteiger partial charge is 0.481 e. The van der Waals surface area contributed by atoms with E-state index < -0.39 is 17.4 Å². The van der Waals surface area contributed by atoms with E-state index in [1.807, 2.05) is 19.1 Å². The fourth-order valence-corrected chi connectivity index (χ4v) is 3.91. The van der Waals surface area contributed by atoms with Crippen molar-refractivity contribution in [1.29, 1.82) is 0 Å². The lowest BCUT2D eigenvalue weighted by molar-refractivity contribution is -0.153. The molecule has 2 rings (SSSR count). The monoisotopic (exact) mass is 418 g/mol. The number of aliphatic carboxylic acids is 1. The zero-order chi connectivity index (χ0) is 15.6. The van der Waals surface area contributed by atoms with Crippen molar-refractivity contribution >= 4 is 49.5 Å². The molecule has 21 heavy (non-hydrogen) atoms. The number of halogens is 2. The molecule has 1 aliphatic carbocycles. The van der Waals surface area contributed by atoms with Gasteiger partial charge in [-0.05, 0) is 69.3 Å². The number of anilines is 1. The smallest absolute Gasteiger partial charge is 0.319 e. The number of amides is 2. The van der Waals surface area contributed by atoms with Gasteiger partial charge in [-0.1, -0.05) is 6.42 Å². The van der Waals surface area contributed by atoms with Crippen molar-refractivity contribution in [2.45, 2.75) is 26.2 Å². The van der Waals surface area contributed by atoms with Gasteiger partial charge in [0.25, 0.3) is 0 Å². The van der Waals surface area contributed by atoms with Gasteiger partial charge in [0.15, 0.2) is 0 Å². The third-order valence-corrected chi connectivity index (χ3v) is 5.03. The summed E-state index contributed by atoms with van der Waals surface area (Å²) in [6.45, 7) is 2.10. The van der Waals surface area contributed by atoms with Crippen molar-refractivity contribution in [2.24, 2.45) is 5.41 Å². The zero-order valence-electron chi connectivity index (χ0n) is 11.5. The minimum absolute atomic E-state index is 0.148. The van der Waals surface area contributed by atoms with Gasteiger partial charge in [-0.15, -0.1) is 0 Å². The van der Waals surface area contributed by atoms with Gasteiger partial charge in [-0.25, -0.2) is 4.79 Å². The standard InChI is InChI=1S/C14H16Br2N2O3/c1-8-5-9(15)11(10(16)6-8)18-13(21)17-7-14(12(19)20)3-2-4-14/h5-6H,2-4,7H2,1H3,(H,19,20)(H2,17,18,21). The number of carbonyl (C=O) groups is 2. The van der Waals surface area contributed by atoms with Gasteiger partial charge in [-0.3, -0.25) is 4.79 Å². The first-order chi connectivity index (χ1) is 9.84. The van der Waals surface area contributed by atoms with Gasteiger partial charge >= 0.3 is 12.0 Å². The zero-order valence-corrected chi connectivity index (χ0v) is 14.7. The lowest BCUT2D eigenvalue weighted by Gasteiger charge is -2.37. The number of aryl methyl sites for hydroxylation is 1. The number of hydrogen-bond donors (Lipinski definition) is 3. The summed E-state index contributed by atoms with van der Waals surface area (Å²) < 4.78 is 1.53. The van der Waals surface area contributed by atoms with Crippen LogP contribution in [0.15, 0.2) is 21.1 Å². The Bertz CT molecular complexity index is 563. The van der Waals surface area contributed by atoms with E-state index in [1.165, 1.54) is 0 Å². The molecule has 1 aliphatic rings. The van der Waals surface area contributed by atoms with Crippen LogP contribution in [0.25, 0.3) is 0 Å². The van der Waals surface area contributed by atoms with E-state index in [0.29, 0.717) is 18.5 Å². The van der Waals surface area contributed by atoms with Gasteiger partial charge in [-0.2, -0.15) is 0 Å². The molecule has 5 nitrogen and oxygen atoms in total. The molecule has 0 heterocycles. The van der Waals surface area contributed by atoms with Gasteiger partial charge in [0, 0.05) is 15.5 Å². The predicted octanol–water partition coefficient (Wildman–Crippen LogP) is 3.90. The topological polar surface area (TPSA) is 78.4 Å². The van der Waals surface area contributed by atoms with Crippen LogP contribution in [0, 0.1) is 12.3 Å². The van der Waals surface area contributed by atoms with Crippen LogP contribution in [0.4, 0.5) is 10.5 Å². The van der Waals surface area contributed by atoms with Crippen molar-refractivity contribution in [3.8, 4) is 0 Å². The first-order valence-corrected chi connectivity index (χ1v) is 8.16. The molecular formula is C14H16Br2N2O3. The lowest BCUT2D eigenvalue weighted by Crippen LogP contribution is -2.48. The van der Waals surface area contributed by atoms with Crippen LogP contribution in [0.1, 0.15) is 24.8 Å². The van der Waals surface area contributed by atoms with Crippen molar-refractivity contribution in [2.75, 3.05) is 11.9 Å². The molecule has 0 aromatic heterocycles. The van der Waals surface area contributed by atoms with E-state index in [4.69, 9.17) is 0 Å². The minimum Gasteiger partial charge on any atom is -0.481 e. The Kier molecular flexibility index (Phi) is 4.93. The fraction of sp³-hybridized carbons (Fsp3) is 0.429. The molecular weight excluding hydrogens is 404 g/mol. The molecule has 0 unspecified atom stereocenters. The Morgan fingerprint density at radius 1 is 1.29 bits per heavy atom. The number of carboxylic acids is 1. The summed E-state index contributed by atoms with van der Waals surface area (Å²) in [5.41, 5.74) is 0.883. The third kappa shape index (κ3) is 3.58. The van der Waals surface area contributed by atoms with Gasteiger partial charge < -0.3 is 15.7 Å². The summed E-state index contributed by atoms with van der Waals surface area (Å²) in [5, 5.41) is 14.6. The second kappa shape index (κ2) is 6.36. The van der Waals surface area contributed by atoms with Crippen LogP contribution in [0.3, 0.4) is 0 Å². The summed E-state index contributed by atoms with van der Waals surface area (Å²) >= 11 is 6.80. The Morgan fingerprint density at radius 3 is 2.29 bits per heavy atom. The van der Waals surface area contributed by atoms with E-state index in [2.05, 4.69) is 42.5 Å². The molecule has 0 bridgehead atoms. The molecule has 1 fully saturated rings. The summed E-state index contributed by atoms with van der Waals surface area (Å²) in [6, 6.07) is 3.38. The number of hydrogen-bond acceptors (Lipinski definition) is 2. The third-order valence-electron chi connectivity index (χ3n) is 3.78. The van der Waals surface area contributed by atoms with E-state index >= 15 is 0 Å². The minimum atomic E-state index is -0.841. The number of rotatable bonds is 4. The summed E-state index contributed by atoms with van der Waals surface area (Å²) in [6.07, 6.45) is 2.12. The first kappa shape index (κ1) is 16.3. The number of carbonyl (C=O) groups excluding carboxylic acids is 1. The average molecular weight is 420 g/mol. The molecule has 0 spiro atoms. The van der Waals surface area contributed by atoms with Crippen LogP contribution in [-0.4, -0.2) is 23.7 Å². The van der Waals surface area contributed by atoms with Crippen LogP contribution in [-0.2, 0) is 4.79 Å². The number of benzene rings is 1. The quantitative estimate of drug-likeness (QED) is 0.692. The molecule has 0 radical (unpaired) electrons. The van der Waals surface area contributed by atoms with Crippen molar-refractivity contribution < 1.29 is 14.7 Å². The molecule has 1 aromatic carbocycles. The second-order valence-electron chi connectivity index (χ2n) is 5.35. The molecule has 2 amide bonds. The van der Waals surface area contributed by atoms with Gasteiger partial charge in [0.05, 0.1) is 11.1 Å². The SMILES string of the molecule is Cc1cc(Br)c(NC(=O)NCC2(C(=O)O)CCC2)c(Br)c1. The molecule has 3 N–H and O–H groups in total. The average Bonchev–Trinajstić information content (AvgIpc) is 2.31. The molecule has 0 atom stereocenters. The Balaban J connectivity index is 1.98. The highest BCUT2D eigenvalue weighted by Crippen LogP contribution is 2.40. The van der Waals surface area contributed by atoms with E-state index in [-0.39, 0.29) is 6.54 Å². The Hall–Kier alpha value is -1.08. The maximum absolute atomic E-state index is 12.0. The predicted molar refractivity (Wildman–Crippen MR) is 87.5 cm³/mol. The first-order valence-electron chi connectivity index (χ1n) is 6.58. The molecule has 114 valence electrons. The summed E-state index contributed by atoms with van der Waals surface area (Å²) in [4.78, 5) is 23.2. The number of urea groups is 1. The van der Waals surface area contributed by atoms with Gasteiger partial charge in [0.2, 0.25) is 0 Å². The Morgan fingerprint density at radius 2 is 1.86 bits per heavy atom. The molecule has 7 heteroatoms. The van der Waals surface area contributed by atoms with Crippen molar-refractivity contribution in [3.05, 3.63) is 26.6 Å². The van der Waals surface area contributed by atoms with Crippen LogP contribution < -0.4 is 10.6 Å². The van der Waals surface area contributed by atoms with Crippen molar-refractivity contribution in [3.63, 3.8) is 0 Å². The maximum Gasteiger partial charge on any atom is 0.319 e. The Labute approximate surface area is 139 Å². The van der Waals surface area contributed by atoms with Crippen molar-refractivity contribution in [1.82, 2.24) is 5.32 Å². The summed E-state index contributed by atoms with van der Waals surface area (Å²) in [5.74, 6) is -0.841. The fourth-order valence-electron chi connectivity index (χ4n) is 2.30. The molecule has 1 aromatic rings. The normalized spacial score (nSPS) is 16.0. The number of carboxylic acid groups (broad SMARTS) is 1. The van der Waals surface area contributed by atoms with Gasteiger partial charge in [0.1, 0.15) is 0 Å². The molecule has 0 aliphatic heterocycles. The lowest BCUT2D eigenvalue weighted by atomic mass is 9.69. The highest BCUT2D eigenvalue weighted by molar-refractivity contribution is 9.11. The highest BCUT2D eigenvalue weighted by Gasteiger charge is 2.44. The second-order valence-corrected chi connectivity index (χ2v) is 7.06. The summed E-state index contributed by atoms with van der Waals surface area (Å²) in [7, 11) is 0. The van der Waals surface area contributed by atoms with Crippen LogP contribution in [0.2, 0.25) is 0 Å². The number of nitrogens with one attached hydrogen (secondary N) is 2. The van der Waals surface area contributed by atoms with E-state index in [9.17, 15) is 14.7 Å². The maximum atomic E-state index is 12.0. The molecule has 0 saturated heterocycles. The van der Waals surface area contributed by atoms with E-state index in [0.717, 1.165) is 20.9 Å². The molecule has 1 saturated carbocycles. The van der Waals surface area contributed by atoms with E-state index in [1.54, 1.807) is 0 Å². The highest BCUT2D eigenvalue weighted by atomic mass is 79.9. The van der Waals surface area contributed by atoms with Crippen LogP contribution >= 0.6 is 31.9 Å².